The van der Waals surface area contributed by atoms with Gasteiger partial charge in [0, 0.05) is 0 Å². The van der Waals surface area contributed by atoms with Crippen molar-refractivity contribution in [2.75, 3.05) is 13.6 Å². The van der Waals surface area contributed by atoms with Crippen molar-refractivity contribution in [3.63, 3.8) is 0 Å². The first-order valence-corrected chi connectivity index (χ1v) is 4.70. The molecule has 0 heterocycles. The summed E-state index contributed by atoms with van der Waals surface area (Å²) in [6.45, 7) is 8.25. The summed E-state index contributed by atoms with van der Waals surface area (Å²) in [6.07, 6.45) is 2.92. The second kappa shape index (κ2) is 3.14. The van der Waals surface area contributed by atoms with E-state index in [0.29, 0.717) is 5.41 Å². The molecule has 0 bridgehead atoms. The first-order valence-electron chi connectivity index (χ1n) is 4.70. The zero-order valence-electron chi connectivity index (χ0n) is 8.28. The molecule has 1 nitrogen and oxygen atoms in total. The molecule has 1 fully saturated rings. The van der Waals surface area contributed by atoms with Gasteiger partial charge in [-0.2, -0.15) is 0 Å². The van der Waals surface area contributed by atoms with Crippen LogP contribution in [0.5, 0.6) is 0 Å². The topological polar surface area (TPSA) is 12.0 Å². The van der Waals surface area contributed by atoms with Gasteiger partial charge in [-0.25, -0.2) is 0 Å². The van der Waals surface area contributed by atoms with Crippen molar-refractivity contribution in [1.82, 2.24) is 5.32 Å². The highest BCUT2D eigenvalue weighted by atomic mass is 14.8. The van der Waals surface area contributed by atoms with Crippen molar-refractivity contribution in [2.45, 2.75) is 33.6 Å². The maximum atomic E-state index is 3.30. The van der Waals surface area contributed by atoms with Crippen molar-refractivity contribution in [2.24, 2.45) is 17.3 Å². The lowest BCUT2D eigenvalue weighted by atomic mass is 9.77. The van der Waals surface area contributed by atoms with Crippen molar-refractivity contribution < 1.29 is 0 Å². The van der Waals surface area contributed by atoms with Crippen LogP contribution < -0.4 is 5.32 Å². The summed E-state index contributed by atoms with van der Waals surface area (Å²) in [5.74, 6) is 1.90. The number of hydrogen-bond acceptors (Lipinski definition) is 1. The van der Waals surface area contributed by atoms with Gasteiger partial charge in [-0.1, -0.05) is 20.8 Å². The molecule has 11 heavy (non-hydrogen) atoms. The van der Waals surface area contributed by atoms with E-state index in [2.05, 4.69) is 33.1 Å². The van der Waals surface area contributed by atoms with E-state index in [9.17, 15) is 0 Å². The lowest BCUT2D eigenvalue weighted by Crippen LogP contribution is -2.31. The fraction of sp³-hybridized carbons (Fsp3) is 1.00. The first kappa shape index (κ1) is 9.05. The highest BCUT2D eigenvalue weighted by Gasteiger charge is 2.37. The van der Waals surface area contributed by atoms with Gasteiger partial charge >= 0.3 is 0 Å². The van der Waals surface area contributed by atoms with Gasteiger partial charge in [-0.15, -0.1) is 0 Å². The first-order chi connectivity index (χ1) is 5.05. The van der Waals surface area contributed by atoms with Gasteiger partial charge in [0.2, 0.25) is 0 Å². The molecule has 1 N–H and O–H groups in total. The average molecular weight is 155 g/mol. The molecule has 0 aliphatic heterocycles. The van der Waals surface area contributed by atoms with Crippen LogP contribution in [0.4, 0.5) is 0 Å². The molecular weight excluding hydrogens is 134 g/mol. The molecule has 66 valence electrons. The van der Waals surface area contributed by atoms with Crippen LogP contribution >= 0.6 is 0 Å². The molecule has 1 aliphatic rings. The molecule has 1 unspecified atom stereocenters. The molecule has 1 aliphatic carbocycles. The van der Waals surface area contributed by atoms with Crippen LogP contribution in [-0.4, -0.2) is 13.6 Å². The van der Waals surface area contributed by atoms with Crippen LogP contribution in [0.2, 0.25) is 0 Å². The molecule has 0 radical (unpaired) electrons. The van der Waals surface area contributed by atoms with E-state index in [1.165, 1.54) is 19.4 Å². The third kappa shape index (κ3) is 2.48. The molecule has 1 heteroatoms. The number of hydrogen-bond donors (Lipinski definition) is 1. The van der Waals surface area contributed by atoms with E-state index in [1.807, 2.05) is 0 Å². The second-order valence-corrected chi connectivity index (χ2v) is 4.87. The molecule has 0 saturated heterocycles. The summed E-state index contributed by atoms with van der Waals surface area (Å²) in [4.78, 5) is 0. The van der Waals surface area contributed by atoms with Crippen LogP contribution in [0, 0.1) is 17.3 Å². The molecule has 0 aromatic carbocycles. The van der Waals surface area contributed by atoms with Crippen molar-refractivity contribution >= 4 is 0 Å². The molecule has 1 rings (SSSR count). The largest absolute Gasteiger partial charge is 0.319 e. The van der Waals surface area contributed by atoms with Gasteiger partial charge in [-0.05, 0) is 43.7 Å². The van der Waals surface area contributed by atoms with Gasteiger partial charge in [0.05, 0.1) is 0 Å². The molecular formula is C10H21N. The number of nitrogens with one attached hydrogen (secondary N) is 1. The Hall–Kier alpha value is -0.0400. The van der Waals surface area contributed by atoms with Crippen molar-refractivity contribution in [1.29, 1.82) is 0 Å². The fourth-order valence-corrected chi connectivity index (χ4v) is 1.90. The quantitative estimate of drug-likeness (QED) is 0.659. The molecule has 0 amide bonds. The predicted octanol–water partition coefficient (Wildman–Crippen LogP) is 2.28. The molecule has 1 saturated carbocycles. The lowest BCUT2D eigenvalue weighted by Gasteiger charge is -2.30. The minimum Gasteiger partial charge on any atom is -0.319 e. The Balaban J connectivity index is 2.44. The zero-order valence-corrected chi connectivity index (χ0v) is 8.28. The van der Waals surface area contributed by atoms with Crippen LogP contribution in [0.3, 0.4) is 0 Å². The highest BCUT2D eigenvalue weighted by molar-refractivity contribution is 4.88. The van der Waals surface area contributed by atoms with Gasteiger partial charge < -0.3 is 5.32 Å². The summed E-state index contributed by atoms with van der Waals surface area (Å²) < 4.78 is 0. The fourth-order valence-electron chi connectivity index (χ4n) is 1.90. The monoisotopic (exact) mass is 155 g/mol. The maximum absolute atomic E-state index is 3.30. The van der Waals surface area contributed by atoms with Crippen LogP contribution in [0.25, 0.3) is 0 Å². The minimum atomic E-state index is 0.490. The van der Waals surface area contributed by atoms with Gasteiger partial charge in [0.15, 0.2) is 0 Å². The van der Waals surface area contributed by atoms with Crippen LogP contribution in [0.15, 0.2) is 0 Å². The third-order valence-corrected chi connectivity index (χ3v) is 2.73. The zero-order chi connectivity index (χ0) is 8.48. The van der Waals surface area contributed by atoms with Gasteiger partial charge in [0.1, 0.15) is 0 Å². The Morgan fingerprint density at radius 3 is 2.18 bits per heavy atom. The smallest absolute Gasteiger partial charge is 0.00159 e. The lowest BCUT2D eigenvalue weighted by molar-refractivity contribution is 0.208. The third-order valence-electron chi connectivity index (χ3n) is 2.73. The van der Waals surface area contributed by atoms with E-state index in [4.69, 9.17) is 0 Å². The number of rotatable bonds is 3. The molecule has 0 aromatic rings. The van der Waals surface area contributed by atoms with E-state index in [1.54, 1.807) is 0 Å². The van der Waals surface area contributed by atoms with E-state index in [-0.39, 0.29) is 0 Å². The Kier molecular flexibility index (Phi) is 2.58. The normalized spacial score (nSPS) is 21.8. The Morgan fingerprint density at radius 2 is 1.91 bits per heavy atom. The van der Waals surface area contributed by atoms with E-state index >= 15 is 0 Å². The Morgan fingerprint density at radius 1 is 1.36 bits per heavy atom. The SMILES string of the molecule is CNCC(C1CC1)C(C)(C)C. The molecule has 0 spiro atoms. The standard InChI is InChI=1S/C10H21N/c1-10(2,3)9(7-11-4)8-5-6-8/h8-9,11H,5-7H2,1-4H3. The van der Waals surface area contributed by atoms with Gasteiger partial charge in [-0.3, -0.25) is 0 Å². The Bertz CT molecular complexity index is 119. The maximum Gasteiger partial charge on any atom is -0.00159 e. The molecule has 1 atom stereocenters. The summed E-state index contributed by atoms with van der Waals surface area (Å²) in [5, 5.41) is 3.30. The predicted molar refractivity (Wildman–Crippen MR) is 49.6 cm³/mol. The average Bonchev–Trinajstić information content (AvgIpc) is 2.61. The summed E-state index contributed by atoms with van der Waals surface area (Å²) in [6, 6.07) is 0. The summed E-state index contributed by atoms with van der Waals surface area (Å²) >= 11 is 0. The van der Waals surface area contributed by atoms with E-state index in [0.717, 1.165) is 11.8 Å². The molecule has 0 aromatic heterocycles. The van der Waals surface area contributed by atoms with Crippen LogP contribution in [-0.2, 0) is 0 Å². The second-order valence-electron chi connectivity index (χ2n) is 4.87. The van der Waals surface area contributed by atoms with Crippen molar-refractivity contribution in [3.8, 4) is 0 Å². The van der Waals surface area contributed by atoms with Gasteiger partial charge in [0.25, 0.3) is 0 Å². The summed E-state index contributed by atoms with van der Waals surface area (Å²) in [5.41, 5.74) is 0.490. The van der Waals surface area contributed by atoms with Crippen molar-refractivity contribution in [3.05, 3.63) is 0 Å². The summed E-state index contributed by atoms with van der Waals surface area (Å²) in [7, 11) is 2.06. The Labute approximate surface area is 70.6 Å². The minimum absolute atomic E-state index is 0.490. The highest BCUT2D eigenvalue weighted by Crippen LogP contribution is 2.44. The van der Waals surface area contributed by atoms with E-state index < -0.39 is 0 Å². The van der Waals surface area contributed by atoms with Crippen LogP contribution in [0.1, 0.15) is 33.6 Å².